The molecule has 4 N–H and O–H groups in total. The highest BCUT2D eigenvalue weighted by Gasteiger charge is 2.50. The van der Waals surface area contributed by atoms with Crippen LogP contribution >= 0.6 is 0 Å². The number of nitrogens with one attached hydrogen (secondary N) is 1. The van der Waals surface area contributed by atoms with E-state index in [1.54, 1.807) is 0 Å². The smallest absolute Gasteiger partial charge is 0.193 e. The van der Waals surface area contributed by atoms with Crippen molar-refractivity contribution in [3.8, 4) is 0 Å². The Morgan fingerprint density at radius 3 is 3.00 bits per heavy atom. The van der Waals surface area contributed by atoms with E-state index in [0.717, 1.165) is 31.4 Å². The predicted octanol–water partition coefficient (Wildman–Crippen LogP) is 2.45. The molecule has 3 aliphatic rings. The van der Waals surface area contributed by atoms with Crippen molar-refractivity contribution in [1.82, 2.24) is 5.32 Å². The normalized spacial score (nSPS) is 38.4. The van der Waals surface area contributed by atoms with Crippen LogP contribution < -0.4 is 11.1 Å². The number of unbranched alkanes of at least 4 members (excludes halogenated alkanes) is 1. The number of rotatable bonds is 4. The summed E-state index contributed by atoms with van der Waals surface area (Å²) in [6, 6.07) is 0.199. The molecule has 1 saturated carbocycles. The van der Waals surface area contributed by atoms with Gasteiger partial charge in [-0.1, -0.05) is 32.4 Å². The van der Waals surface area contributed by atoms with E-state index in [-0.39, 0.29) is 12.0 Å². The van der Waals surface area contributed by atoms with E-state index in [1.807, 2.05) is 0 Å². The van der Waals surface area contributed by atoms with Gasteiger partial charge in [-0.2, -0.15) is 0 Å². The van der Waals surface area contributed by atoms with Crippen LogP contribution in [-0.4, -0.2) is 22.7 Å². The maximum atomic E-state index is 11.3. The molecular weight excluding hydrogens is 262 g/mol. The second-order valence-corrected chi connectivity index (χ2v) is 6.78. The van der Waals surface area contributed by atoms with Gasteiger partial charge in [0.25, 0.3) is 0 Å². The average molecular weight is 289 g/mol. The van der Waals surface area contributed by atoms with Crippen molar-refractivity contribution in [1.29, 1.82) is 0 Å². The third-order valence-corrected chi connectivity index (χ3v) is 5.36. The summed E-state index contributed by atoms with van der Waals surface area (Å²) in [6.07, 6.45) is 10.5. The van der Waals surface area contributed by atoms with Crippen molar-refractivity contribution in [2.45, 2.75) is 64.0 Å². The van der Waals surface area contributed by atoms with Crippen molar-refractivity contribution in [2.24, 2.45) is 22.6 Å². The predicted molar refractivity (Wildman–Crippen MR) is 85.7 cm³/mol. The molecule has 4 nitrogen and oxygen atoms in total. The summed E-state index contributed by atoms with van der Waals surface area (Å²) >= 11 is 0. The minimum Gasteiger partial charge on any atom is -0.383 e. The molecule has 0 bridgehead atoms. The fourth-order valence-corrected chi connectivity index (χ4v) is 4.17. The summed E-state index contributed by atoms with van der Waals surface area (Å²) in [5.41, 5.74) is 7.41. The third-order valence-electron chi connectivity index (χ3n) is 5.36. The van der Waals surface area contributed by atoms with Gasteiger partial charge in [0.2, 0.25) is 0 Å². The van der Waals surface area contributed by atoms with Gasteiger partial charge in [0, 0.05) is 0 Å². The molecule has 0 radical (unpaired) electrons. The lowest BCUT2D eigenvalue weighted by Crippen LogP contribution is -2.53. The Morgan fingerprint density at radius 1 is 1.43 bits per heavy atom. The van der Waals surface area contributed by atoms with Crippen LogP contribution in [0.25, 0.3) is 0 Å². The Balaban J connectivity index is 1.92. The molecule has 116 valence electrons. The molecular formula is C17H27N3O. The van der Waals surface area contributed by atoms with Gasteiger partial charge in [-0.15, -0.1) is 0 Å². The zero-order chi connectivity index (χ0) is 15.0. The largest absolute Gasteiger partial charge is 0.383 e. The Kier molecular flexibility index (Phi) is 3.82. The average Bonchev–Trinajstić information content (AvgIpc) is 2.84. The first kappa shape index (κ1) is 14.6. The van der Waals surface area contributed by atoms with Crippen LogP contribution in [0, 0.1) is 11.8 Å². The molecule has 2 aliphatic carbocycles. The molecule has 0 aromatic heterocycles. The summed E-state index contributed by atoms with van der Waals surface area (Å²) in [6.45, 7) is 4.33. The molecule has 0 aromatic carbocycles. The van der Waals surface area contributed by atoms with Crippen molar-refractivity contribution in [2.75, 3.05) is 0 Å². The fraction of sp³-hybridized carbons (Fsp3) is 0.706. The summed E-state index contributed by atoms with van der Waals surface area (Å²) in [4.78, 5) is 4.52. The fourth-order valence-electron chi connectivity index (χ4n) is 4.17. The molecule has 0 aromatic rings. The van der Waals surface area contributed by atoms with Gasteiger partial charge in [-0.25, -0.2) is 4.99 Å². The second kappa shape index (κ2) is 5.48. The SMILES string of the molecule is CCC/C=C\CC1(O)C2=C3[C@@H](CC[C@@H]3N=C(N)N2)C[C@@H]1C. The number of hydrogen-bond acceptors (Lipinski definition) is 4. The van der Waals surface area contributed by atoms with E-state index in [2.05, 4.69) is 36.3 Å². The number of allylic oxidation sites excluding steroid dienone is 1. The standard InChI is InChI=1S/C17H27N3O/c1-3-4-5-6-9-17(21)11(2)10-12-7-8-13-14(12)15(17)20-16(18)19-13/h5-6,11-13,21H,3-4,7-10H2,1-2H3,(H3,18,19,20)/b6-5-/t11-,12-,13-,17?/m0/s1. The van der Waals surface area contributed by atoms with Crippen LogP contribution in [0.1, 0.15) is 52.4 Å². The molecule has 1 heterocycles. The molecule has 3 rings (SSSR count). The van der Waals surface area contributed by atoms with E-state index in [9.17, 15) is 5.11 Å². The summed E-state index contributed by atoms with van der Waals surface area (Å²) in [7, 11) is 0. The number of aliphatic imine (C=N–C) groups is 1. The first-order valence-electron chi connectivity index (χ1n) is 8.28. The number of nitrogens with zero attached hydrogens (tertiary/aromatic N) is 1. The summed E-state index contributed by atoms with van der Waals surface area (Å²) < 4.78 is 0. The lowest BCUT2D eigenvalue weighted by molar-refractivity contribution is 0.00314. The maximum absolute atomic E-state index is 11.3. The third kappa shape index (κ3) is 2.39. The van der Waals surface area contributed by atoms with E-state index in [1.165, 1.54) is 12.0 Å². The Labute approximate surface area is 127 Å². The Morgan fingerprint density at radius 2 is 2.24 bits per heavy atom. The highest BCUT2D eigenvalue weighted by molar-refractivity contribution is 5.82. The minimum atomic E-state index is -0.820. The Bertz CT molecular complexity index is 508. The maximum Gasteiger partial charge on any atom is 0.193 e. The van der Waals surface area contributed by atoms with Gasteiger partial charge in [-0.05, 0) is 49.5 Å². The van der Waals surface area contributed by atoms with E-state index >= 15 is 0 Å². The van der Waals surface area contributed by atoms with E-state index < -0.39 is 5.60 Å². The highest BCUT2D eigenvalue weighted by Crippen LogP contribution is 2.50. The molecule has 1 fully saturated rings. The van der Waals surface area contributed by atoms with Gasteiger partial charge in [0.1, 0.15) is 5.60 Å². The highest BCUT2D eigenvalue weighted by atomic mass is 16.3. The van der Waals surface area contributed by atoms with Gasteiger partial charge in [-0.3, -0.25) is 0 Å². The second-order valence-electron chi connectivity index (χ2n) is 6.78. The number of hydrogen-bond donors (Lipinski definition) is 3. The molecule has 0 saturated heterocycles. The molecule has 4 heteroatoms. The van der Waals surface area contributed by atoms with Gasteiger partial charge >= 0.3 is 0 Å². The molecule has 21 heavy (non-hydrogen) atoms. The minimum absolute atomic E-state index is 0.199. The number of nitrogens with two attached hydrogens (primary N) is 1. The lowest BCUT2D eigenvalue weighted by Gasteiger charge is -2.45. The Hall–Kier alpha value is -1.29. The van der Waals surface area contributed by atoms with Gasteiger partial charge < -0.3 is 16.2 Å². The van der Waals surface area contributed by atoms with Crippen molar-refractivity contribution >= 4 is 5.96 Å². The topological polar surface area (TPSA) is 70.6 Å². The number of guanidine groups is 1. The van der Waals surface area contributed by atoms with Crippen LogP contribution in [0.15, 0.2) is 28.4 Å². The van der Waals surface area contributed by atoms with Gasteiger partial charge in [0.05, 0.1) is 11.7 Å². The van der Waals surface area contributed by atoms with E-state index in [4.69, 9.17) is 5.73 Å². The lowest BCUT2D eigenvalue weighted by atomic mass is 9.69. The zero-order valence-corrected chi connectivity index (χ0v) is 13.1. The van der Waals surface area contributed by atoms with E-state index in [0.29, 0.717) is 18.3 Å². The number of aliphatic hydroxyl groups is 1. The van der Waals surface area contributed by atoms with Crippen LogP contribution in [0.3, 0.4) is 0 Å². The molecule has 0 amide bonds. The molecule has 4 atom stereocenters. The van der Waals surface area contributed by atoms with Crippen LogP contribution in [0.2, 0.25) is 0 Å². The quantitative estimate of drug-likeness (QED) is 0.696. The first-order valence-corrected chi connectivity index (χ1v) is 8.28. The van der Waals surface area contributed by atoms with Crippen LogP contribution in [0.4, 0.5) is 0 Å². The zero-order valence-electron chi connectivity index (χ0n) is 13.1. The molecule has 1 aliphatic heterocycles. The molecule has 0 spiro atoms. The first-order chi connectivity index (χ1) is 10.1. The summed E-state index contributed by atoms with van der Waals surface area (Å²) in [5, 5.41) is 14.5. The van der Waals surface area contributed by atoms with Crippen molar-refractivity contribution in [3.05, 3.63) is 23.4 Å². The van der Waals surface area contributed by atoms with Crippen LogP contribution in [-0.2, 0) is 0 Å². The van der Waals surface area contributed by atoms with Crippen molar-refractivity contribution in [3.63, 3.8) is 0 Å². The molecule has 1 unspecified atom stereocenters. The summed E-state index contributed by atoms with van der Waals surface area (Å²) in [5.74, 6) is 1.28. The van der Waals surface area contributed by atoms with Crippen molar-refractivity contribution < 1.29 is 5.11 Å². The van der Waals surface area contributed by atoms with Gasteiger partial charge in [0.15, 0.2) is 5.96 Å². The van der Waals surface area contributed by atoms with Crippen LogP contribution in [0.5, 0.6) is 0 Å². The monoisotopic (exact) mass is 289 g/mol.